The van der Waals surface area contributed by atoms with Crippen LogP contribution in [-0.2, 0) is 6.18 Å². The number of benzene rings is 1. The maximum atomic E-state index is 12.7. The first-order chi connectivity index (χ1) is 10.7. The predicted octanol–water partition coefficient (Wildman–Crippen LogP) is 3.23. The number of carbonyl (C=O) groups excluding carboxylic acids is 1. The van der Waals surface area contributed by atoms with Crippen molar-refractivity contribution in [2.75, 3.05) is 6.61 Å². The van der Waals surface area contributed by atoms with E-state index in [4.69, 9.17) is 0 Å². The molecule has 4 nitrogen and oxygen atoms in total. The maximum Gasteiger partial charge on any atom is 0.416 e. The van der Waals surface area contributed by atoms with Gasteiger partial charge >= 0.3 is 12.2 Å². The highest BCUT2D eigenvalue weighted by atomic mass is 19.4. The topological polar surface area (TPSA) is 61.4 Å². The Kier molecular flexibility index (Phi) is 4.89. The molecule has 23 heavy (non-hydrogen) atoms. The van der Waals surface area contributed by atoms with Gasteiger partial charge in [-0.1, -0.05) is 12.1 Å². The Labute approximate surface area is 133 Å². The number of hydrogen-bond donors (Lipinski definition) is 3. The van der Waals surface area contributed by atoms with Crippen molar-refractivity contribution >= 4 is 6.03 Å². The minimum atomic E-state index is -4.42. The van der Waals surface area contributed by atoms with Gasteiger partial charge in [0.1, 0.15) is 0 Å². The minimum absolute atomic E-state index is 0.178. The lowest BCUT2D eigenvalue weighted by molar-refractivity contribution is -0.137. The molecule has 0 bridgehead atoms. The van der Waals surface area contributed by atoms with Crippen molar-refractivity contribution in [3.05, 3.63) is 35.4 Å². The van der Waals surface area contributed by atoms with Crippen molar-refractivity contribution in [1.82, 2.24) is 10.6 Å². The van der Waals surface area contributed by atoms with E-state index in [-0.39, 0.29) is 12.5 Å². The van der Waals surface area contributed by atoms with E-state index in [0.29, 0.717) is 5.56 Å². The molecule has 0 heterocycles. The molecule has 2 amide bonds. The fourth-order valence-corrected chi connectivity index (χ4v) is 2.55. The van der Waals surface area contributed by atoms with Gasteiger partial charge in [0.2, 0.25) is 0 Å². The van der Waals surface area contributed by atoms with E-state index in [9.17, 15) is 23.1 Å². The van der Waals surface area contributed by atoms with Gasteiger partial charge < -0.3 is 15.7 Å². The molecule has 7 heteroatoms. The summed E-state index contributed by atoms with van der Waals surface area (Å²) in [7, 11) is 0. The summed E-state index contributed by atoms with van der Waals surface area (Å²) in [5.74, 6) is 0.238. The van der Waals surface area contributed by atoms with E-state index in [1.807, 2.05) is 0 Å². The molecule has 1 aromatic carbocycles. The zero-order chi connectivity index (χ0) is 17.3. The molecule has 1 aromatic rings. The molecular weight excluding hydrogens is 309 g/mol. The number of amides is 2. The Balaban J connectivity index is 2.01. The summed E-state index contributed by atoms with van der Waals surface area (Å²) in [6.45, 7) is 3.20. The molecular formula is C16H21F3N2O2. The van der Waals surface area contributed by atoms with E-state index in [2.05, 4.69) is 10.6 Å². The molecule has 0 aromatic heterocycles. The normalized spacial score (nSPS) is 18.9. The van der Waals surface area contributed by atoms with Crippen LogP contribution in [0.3, 0.4) is 0 Å². The maximum absolute atomic E-state index is 12.7. The molecule has 2 rings (SSSR count). The van der Waals surface area contributed by atoms with E-state index in [1.54, 1.807) is 13.8 Å². The van der Waals surface area contributed by atoms with Gasteiger partial charge in [-0.25, -0.2) is 4.79 Å². The van der Waals surface area contributed by atoms with Crippen molar-refractivity contribution in [2.24, 2.45) is 5.92 Å². The van der Waals surface area contributed by atoms with E-state index in [1.165, 1.54) is 12.1 Å². The summed E-state index contributed by atoms with van der Waals surface area (Å²) in [5, 5.41) is 14.8. The zero-order valence-corrected chi connectivity index (χ0v) is 13.1. The largest absolute Gasteiger partial charge is 0.416 e. The van der Waals surface area contributed by atoms with E-state index >= 15 is 0 Å². The van der Waals surface area contributed by atoms with Crippen LogP contribution in [0.4, 0.5) is 18.0 Å². The van der Waals surface area contributed by atoms with Crippen molar-refractivity contribution in [1.29, 1.82) is 0 Å². The Morgan fingerprint density at radius 3 is 2.57 bits per heavy atom. The number of halogens is 3. The monoisotopic (exact) mass is 330 g/mol. The van der Waals surface area contributed by atoms with Crippen LogP contribution >= 0.6 is 0 Å². The van der Waals surface area contributed by atoms with Crippen LogP contribution in [0, 0.1) is 5.92 Å². The van der Waals surface area contributed by atoms with E-state index < -0.39 is 29.4 Å². The number of rotatable bonds is 5. The first-order valence-corrected chi connectivity index (χ1v) is 7.52. The third-order valence-corrected chi connectivity index (χ3v) is 4.27. The van der Waals surface area contributed by atoms with Crippen molar-refractivity contribution < 1.29 is 23.1 Å². The summed E-state index contributed by atoms with van der Waals surface area (Å²) < 4.78 is 38.2. The Bertz CT molecular complexity index is 573. The summed E-state index contributed by atoms with van der Waals surface area (Å²) in [6, 6.07) is 3.78. The molecule has 2 unspecified atom stereocenters. The van der Waals surface area contributed by atoms with Crippen molar-refractivity contribution in [3.63, 3.8) is 0 Å². The summed E-state index contributed by atoms with van der Waals surface area (Å²) in [6.07, 6.45) is -2.53. The van der Waals surface area contributed by atoms with Gasteiger partial charge in [-0.05, 0) is 50.3 Å². The molecule has 128 valence electrons. The second kappa shape index (κ2) is 6.39. The van der Waals surface area contributed by atoms with Gasteiger partial charge in [0.05, 0.1) is 23.8 Å². The lowest BCUT2D eigenvalue weighted by Crippen LogP contribution is -2.54. The molecule has 0 aliphatic heterocycles. The summed E-state index contributed by atoms with van der Waals surface area (Å²) >= 11 is 0. The Morgan fingerprint density at radius 1 is 1.39 bits per heavy atom. The minimum Gasteiger partial charge on any atom is -0.394 e. The first-order valence-electron chi connectivity index (χ1n) is 7.52. The number of carbonyl (C=O) groups is 1. The van der Waals surface area contributed by atoms with Crippen molar-refractivity contribution in [2.45, 2.75) is 44.4 Å². The summed E-state index contributed by atoms with van der Waals surface area (Å²) in [5.41, 5.74) is -1.08. The highest BCUT2D eigenvalue weighted by molar-refractivity contribution is 5.75. The highest BCUT2D eigenvalue weighted by Crippen LogP contribution is 2.39. The van der Waals surface area contributed by atoms with Gasteiger partial charge in [-0.15, -0.1) is 0 Å². The number of alkyl halides is 3. The smallest absolute Gasteiger partial charge is 0.394 e. The van der Waals surface area contributed by atoms with Crippen LogP contribution in [-0.4, -0.2) is 23.3 Å². The molecule has 2 atom stereocenters. The molecule has 3 N–H and O–H groups in total. The standard InChI is InChI=1S/C16H21F3N2O2/c1-10(11-4-3-5-13(8-11)16(17,18)19)20-14(23)21-15(2,9-22)12-6-7-12/h3-5,8,10,12,22H,6-7,9H2,1-2H3,(H2,20,21,23). The fourth-order valence-electron chi connectivity index (χ4n) is 2.55. The Hall–Kier alpha value is -1.76. The molecule has 1 aliphatic rings. The van der Waals surface area contributed by atoms with Gasteiger partial charge in [0, 0.05) is 0 Å². The number of nitrogens with one attached hydrogen (secondary N) is 2. The van der Waals surface area contributed by atoms with Crippen LogP contribution in [0.25, 0.3) is 0 Å². The number of urea groups is 1. The number of aliphatic hydroxyl groups excluding tert-OH is 1. The second-order valence-corrected chi connectivity index (χ2v) is 6.29. The average Bonchev–Trinajstić information content (AvgIpc) is 3.31. The third kappa shape index (κ3) is 4.37. The Morgan fingerprint density at radius 2 is 2.04 bits per heavy atom. The number of hydrogen-bond acceptors (Lipinski definition) is 2. The lowest BCUT2D eigenvalue weighted by Gasteiger charge is -2.29. The molecule has 0 spiro atoms. The molecule has 1 saturated carbocycles. The van der Waals surface area contributed by atoms with Crippen LogP contribution in [0.2, 0.25) is 0 Å². The average molecular weight is 330 g/mol. The quantitative estimate of drug-likeness (QED) is 0.776. The predicted molar refractivity (Wildman–Crippen MR) is 79.7 cm³/mol. The third-order valence-electron chi connectivity index (χ3n) is 4.27. The highest BCUT2D eigenvalue weighted by Gasteiger charge is 2.42. The zero-order valence-electron chi connectivity index (χ0n) is 13.1. The van der Waals surface area contributed by atoms with Gasteiger partial charge in [0.25, 0.3) is 0 Å². The van der Waals surface area contributed by atoms with Crippen LogP contribution < -0.4 is 10.6 Å². The number of aliphatic hydroxyl groups is 1. The van der Waals surface area contributed by atoms with Crippen LogP contribution in [0.15, 0.2) is 24.3 Å². The molecule has 1 aliphatic carbocycles. The fraction of sp³-hybridized carbons (Fsp3) is 0.562. The second-order valence-electron chi connectivity index (χ2n) is 6.29. The molecule has 0 saturated heterocycles. The molecule has 0 radical (unpaired) electrons. The van der Waals surface area contributed by atoms with E-state index in [0.717, 1.165) is 25.0 Å². The van der Waals surface area contributed by atoms with Gasteiger partial charge in [-0.3, -0.25) is 0 Å². The summed E-state index contributed by atoms with van der Waals surface area (Å²) in [4.78, 5) is 12.1. The van der Waals surface area contributed by atoms with Crippen LogP contribution in [0.1, 0.15) is 43.9 Å². The SMILES string of the molecule is CC(NC(=O)NC(C)(CO)C1CC1)c1cccc(C(F)(F)F)c1. The van der Waals surface area contributed by atoms with Gasteiger partial charge in [0.15, 0.2) is 0 Å². The van der Waals surface area contributed by atoms with Crippen molar-refractivity contribution in [3.8, 4) is 0 Å². The van der Waals surface area contributed by atoms with Crippen LogP contribution in [0.5, 0.6) is 0 Å². The molecule has 1 fully saturated rings. The van der Waals surface area contributed by atoms with Gasteiger partial charge in [-0.2, -0.15) is 13.2 Å². The lowest BCUT2D eigenvalue weighted by atomic mass is 9.97. The first kappa shape index (κ1) is 17.6.